The minimum Gasteiger partial charge on any atom is -0.497 e. The first-order valence-corrected chi connectivity index (χ1v) is 9.07. The Morgan fingerprint density at radius 1 is 1.14 bits per heavy atom. The molecule has 28 heavy (non-hydrogen) atoms. The van der Waals surface area contributed by atoms with Crippen LogP contribution in [0.15, 0.2) is 47.0 Å². The molecule has 1 N–H and O–H groups in total. The van der Waals surface area contributed by atoms with E-state index >= 15 is 0 Å². The fourth-order valence-electron chi connectivity index (χ4n) is 2.60. The van der Waals surface area contributed by atoms with E-state index in [4.69, 9.17) is 25.6 Å². The summed E-state index contributed by atoms with van der Waals surface area (Å²) >= 11 is 5.88. The van der Waals surface area contributed by atoms with Crippen molar-refractivity contribution in [1.29, 1.82) is 0 Å². The van der Waals surface area contributed by atoms with E-state index in [0.29, 0.717) is 53.2 Å². The third-order valence-electron chi connectivity index (χ3n) is 4.05. The molecule has 0 bridgehead atoms. The van der Waals surface area contributed by atoms with Crippen LogP contribution in [0.2, 0.25) is 5.02 Å². The molecule has 0 fully saturated rings. The Balaban J connectivity index is 1.53. The zero-order valence-corrected chi connectivity index (χ0v) is 16.3. The molecule has 3 rings (SSSR count). The second-order valence-corrected chi connectivity index (χ2v) is 6.42. The van der Waals surface area contributed by atoms with E-state index in [1.165, 1.54) is 0 Å². The Bertz CT molecular complexity index is 941. The number of hydrogen-bond donors (Lipinski definition) is 1. The lowest BCUT2D eigenvalue weighted by atomic mass is 10.2. The van der Waals surface area contributed by atoms with Gasteiger partial charge in [-0.05, 0) is 42.8 Å². The number of halogens is 1. The SMILES string of the molecule is COc1ccc(OC)c(NC(=O)CCCc2nc(-c3ccc(Cl)cc3)no2)c1. The Hall–Kier alpha value is -3.06. The van der Waals surface area contributed by atoms with Crippen molar-refractivity contribution in [3.8, 4) is 22.9 Å². The normalized spacial score (nSPS) is 10.5. The van der Waals surface area contributed by atoms with E-state index in [2.05, 4.69) is 15.5 Å². The Kier molecular flexibility index (Phi) is 6.49. The number of rotatable bonds is 8. The van der Waals surface area contributed by atoms with Gasteiger partial charge >= 0.3 is 0 Å². The molecule has 0 atom stereocenters. The zero-order valence-electron chi connectivity index (χ0n) is 15.6. The lowest BCUT2D eigenvalue weighted by Crippen LogP contribution is -2.12. The van der Waals surface area contributed by atoms with Crippen molar-refractivity contribution in [3.05, 3.63) is 53.4 Å². The summed E-state index contributed by atoms with van der Waals surface area (Å²) in [5, 5.41) is 7.44. The summed E-state index contributed by atoms with van der Waals surface area (Å²) in [7, 11) is 3.11. The third kappa shape index (κ3) is 5.01. The lowest BCUT2D eigenvalue weighted by molar-refractivity contribution is -0.116. The summed E-state index contributed by atoms with van der Waals surface area (Å²) < 4.78 is 15.7. The van der Waals surface area contributed by atoms with Gasteiger partial charge in [0.05, 0.1) is 19.9 Å². The molecular weight excluding hydrogens is 382 g/mol. The molecule has 0 radical (unpaired) electrons. The molecule has 1 heterocycles. The molecule has 1 amide bonds. The van der Waals surface area contributed by atoms with E-state index in [9.17, 15) is 4.79 Å². The first kappa shape index (κ1) is 19.7. The number of ether oxygens (including phenoxy) is 2. The van der Waals surface area contributed by atoms with Crippen LogP contribution in [-0.4, -0.2) is 30.3 Å². The number of carbonyl (C=O) groups excluding carboxylic acids is 1. The number of amides is 1. The monoisotopic (exact) mass is 401 g/mol. The predicted molar refractivity (Wildman–Crippen MR) is 106 cm³/mol. The van der Waals surface area contributed by atoms with Crippen LogP contribution < -0.4 is 14.8 Å². The molecule has 0 aliphatic heterocycles. The molecule has 0 unspecified atom stereocenters. The largest absolute Gasteiger partial charge is 0.497 e. The van der Waals surface area contributed by atoms with Gasteiger partial charge in [0, 0.05) is 29.5 Å². The standard InChI is InChI=1S/C20H20ClN3O4/c1-26-15-10-11-17(27-2)16(12-15)22-18(25)4-3-5-19-23-20(24-28-19)13-6-8-14(21)9-7-13/h6-12H,3-5H2,1-2H3,(H,22,25). The molecule has 0 aliphatic carbocycles. The summed E-state index contributed by atoms with van der Waals surface area (Å²) in [4.78, 5) is 16.6. The smallest absolute Gasteiger partial charge is 0.226 e. The minimum atomic E-state index is -0.135. The van der Waals surface area contributed by atoms with Gasteiger partial charge in [-0.2, -0.15) is 4.98 Å². The maximum atomic E-state index is 12.2. The number of anilines is 1. The van der Waals surface area contributed by atoms with Gasteiger partial charge in [-0.1, -0.05) is 16.8 Å². The Morgan fingerprint density at radius 3 is 2.64 bits per heavy atom. The van der Waals surface area contributed by atoms with Crippen molar-refractivity contribution < 1.29 is 18.8 Å². The van der Waals surface area contributed by atoms with Crippen LogP contribution in [0.3, 0.4) is 0 Å². The minimum absolute atomic E-state index is 0.135. The number of aromatic nitrogens is 2. The number of methoxy groups -OCH3 is 2. The van der Waals surface area contributed by atoms with Gasteiger partial charge in [-0.15, -0.1) is 0 Å². The fourth-order valence-corrected chi connectivity index (χ4v) is 2.72. The highest BCUT2D eigenvalue weighted by atomic mass is 35.5. The van der Waals surface area contributed by atoms with E-state index in [1.807, 2.05) is 12.1 Å². The average Bonchev–Trinajstić information content (AvgIpc) is 3.17. The molecule has 0 spiro atoms. The molecule has 0 saturated carbocycles. The number of carbonyl (C=O) groups is 1. The van der Waals surface area contributed by atoms with E-state index in [0.717, 1.165) is 5.56 Å². The van der Waals surface area contributed by atoms with Gasteiger partial charge in [0.2, 0.25) is 17.6 Å². The van der Waals surface area contributed by atoms with Crippen LogP contribution in [0.25, 0.3) is 11.4 Å². The number of nitrogens with zero attached hydrogens (tertiary/aromatic N) is 2. The van der Waals surface area contributed by atoms with E-state index in [1.54, 1.807) is 44.6 Å². The highest BCUT2D eigenvalue weighted by Crippen LogP contribution is 2.29. The highest BCUT2D eigenvalue weighted by Gasteiger charge is 2.12. The third-order valence-corrected chi connectivity index (χ3v) is 4.30. The van der Waals surface area contributed by atoms with Crippen molar-refractivity contribution >= 4 is 23.2 Å². The fraction of sp³-hybridized carbons (Fsp3) is 0.250. The molecule has 146 valence electrons. The predicted octanol–water partition coefficient (Wildman–Crippen LogP) is 4.37. The van der Waals surface area contributed by atoms with Crippen molar-refractivity contribution in [1.82, 2.24) is 10.1 Å². The van der Waals surface area contributed by atoms with Crippen LogP contribution in [0, 0.1) is 0 Å². The lowest BCUT2D eigenvalue weighted by Gasteiger charge is -2.11. The molecule has 3 aromatic rings. The van der Waals surface area contributed by atoms with Crippen molar-refractivity contribution in [3.63, 3.8) is 0 Å². The quantitative estimate of drug-likeness (QED) is 0.603. The molecule has 8 heteroatoms. The zero-order chi connectivity index (χ0) is 19.9. The molecular formula is C20H20ClN3O4. The number of benzene rings is 2. The topological polar surface area (TPSA) is 86.5 Å². The molecule has 0 saturated heterocycles. The summed E-state index contributed by atoms with van der Waals surface area (Å²) in [6, 6.07) is 12.4. The van der Waals surface area contributed by atoms with Gasteiger partial charge < -0.3 is 19.3 Å². The van der Waals surface area contributed by atoms with E-state index in [-0.39, 0.29) is 5.91 Å². The number of hydrogen-bond acceptors (Lipinski definition) is 6. The van der Waals surface area contributed by atoms with Crippen LogP contribution in [0.4, 0.5) is 5.69 Å². The van der Waals surface area contributed by atoms with Gasteiger partial charge in [0.25, 0.3) is 0 Å². The first-order valence-electron chi connectivity index (χ1n) is 8.69. The molecule has 1 aromatic heterocycles. The Morgan fingerprint density at radius 2 is 1.93 bits per heavy atom. The molecule has 0 aliphatic rings. The van der Waals surface area contributed by atoms with Gasteiger partial charge in [0.1, 0.15) is 11.5 Å². The summed E-state index contributed by atoms with van der Waals surface area (Å²) in [6.45, 7) is 0. The Labute approximate surface area is 167 Å². The van der Waals surface area contributed by atoms with Crippen LogP contribution in [-0.2, 0) is 11.2 Å². The second-order valence-electron chi connectivity index (χ2n) is 5.99. The second kappa shape index (κ2) is 9.23. The van der Waals surface area contributed by atoms with Gasteiger partial charge in [0.15, 0.2) is 0 Å². The summed E-state index contributed by atoms with van der Waals surface area (Å²) in [5.74, 6) is 2.05. The van der Waals surface area contributed by atoms with Gasteiger partial charge in [-0.25, -0.2) is 0 Å². The van der Waals surface area contributed by atoms with Crippen molar-refractivity contribution in [2.45, 2.75) is 19.3 Å². The molecule has 2 aromatic carbocycles. The maximum Gasteiger partial charge on any atom is 0.226 e. The summed E-state index contributed by atoms with van der Waals surface area (Å²) in [5.41, 5.74) is 1.39. The van der Waals surface area contributed by atoms with Crippen LogP contribution in [0.1, 0.15) is 18.7 Å². The van der Waals surface area contributed by atoms with Gasteiger partial charge in [-0.3, -0.25) is 4.79 Å². The van der Waals surface area contributed by atoms with Crippen molar-refractivity contribution in [2.75, 3.05) is 19.5 Å². The summed E-state index contributed by atoms with van der Waals surface area (Å²) in [6.07, 6.45) is 1.38. The van der Waals surface area contributed by atoms with Crippen LogP contribution in [0.5, 0.6) is 11.5 Å². The first-order chi connectivity index (χ1) is 13.6. The van der Waals surface area contributed by atoms with Crippen LogP contribution >= 0.6 is 11.6 Å². The average molecular weight is 402 g/mol. The van der Waals surface area contributed by atoms with E-state index < -0.39 is 0 Å². The number of nitrogens with one attached hydrogen (secondary N) is 1. The molecule has 7 nitrogen and oxygen atoms in total. The van der Waals surface area contributed by atoms with Crippen molar-refractivity contribution in [2.24, 2.45) is 0 Å². The highest BCUT2D eigenvalue weighted by molar-refractivity contribution is 6.30. The maximum absolute atomic E-state index is 12.2. The number of aryl methyl sites for hydroxylation is 1.